The molecular weight excluding hydrogens is 320 g/mol. The van der Waals surface area contributed by atoms with Crippen molar-refractivity contribution in [3.63, 3.8) is 0 Å². The molecule has 0 aliphatic carbocycles. The molecule has 0 bridgehead atoms. The van der Waals surface area contributed by atoms with Crippen LogP contribution >= 0.6 is 0 Å². The third kappa shape index (κ3) is 8.34. The number of hydrogen-bond donors (Lipinski definition) is 4. The van der Waals surface area contributed by atoms with Crippen molar-refractivity contribution in [3.05, 3.63) is 0 Å². The zero-order valence-corrected chi connectivity index (χ0v) is 16.3. The Hall–Kier alpha value is -1.63. The number of carbonyl (C=O) groups excluding carboxylic acids is 3. The summed E-state index contributed by atoms with van der Waals surface area (Å²) in [6, 6.07) is -0.0887. The van der Waals surface area contributed by atoms with E-state index < -0.39 is 11.8 Å². The fourth-order valence-corrected chi connectivity index (χ4v) is 3.63. The molecule has 0 aromatic carbocycles. The lowest BCUT2D eigenvalue weighted by Gasteiger charge is -2.46. The van der Waals surface area contributed by atoms with Crippen molar-refractivity contribution >= 4 is 17.7 Å². The molecule has 7 nitrogen and oxygen atoms in total. The highest BCUT2D eigenvalue weighted by molar-refractivity contribution is 6.35. The standard InChI is InChI=1S/C18H34N4O3/c1-6-7-8-9-10-14(23)20-21-16(25)15(24)19-13-11-17(2,3)22-18(4,5)12-13/h13,22H,6-12H2,1-5H3,(H,19,24)(H,20,23)(H,21,25). The van der Waals surface area contributed by atoms with Gasteiger partial charge >= 0.3 is 11.8 Å². The zero-order valence-electron chi connectivity index (χ0n) is 16.3. The average Bonchev–Trinajstić information content (AvgIpc) is 2.45. The Kier molecular flexibility index (Phi) is 7.86. The molecule has 1 fully saturated rings. The van der Waals surface area contributed by atoms with Crippen LogP contribution in [0.15, 0.2) is 0 Å². The van der Waals surface area contributed by atoms with Gasteiger partial charge in [-0.25, -0.2) is 0 Å². The molecule has 4 N–H and O–H groups in total. The molecule has 0 saturated carbocycles. The molecule has 0 aromatic rings. The summed E-state index contributed by atoms with van der Waals surface area (Å²) in [5.41, 5.74) is 4.24. The second-order valence-electron chi connectivity index (χ2n) is 8.28. The molecule has 7 heteroatoms. The number of rotatable bonds is 6. The molecule has 0 spiro atoms. The van der Waals surface area contributed by atoms with Crippen LogP contribution in [0.1, 0.15) is 79.6 Å². The highest BCUT2D eigenvalue weighted by Gasteiger charge is 2.38. The minimum absolute atomic E-state index is 0.0887. The van der Waals surface area contributed by atoms with E-state index in [1.807, 2.05) is 0 Å². The molecule has 25 heavy (non-hydrogen) atoms. The van der Waals surface area contributed by atoms with Crippen LogP contribution in [0, 0.1) is 0 Å². The van der Waals surface area contributed by atoms with Gasteiger partial charge in [-0.3, -0.25) is 25.2 Å². The van der Waals surface area contributed by atoms with Gasteiger partial charge in [0.15, 0.2) is 0 Å². The molecule has 1 aliphatic heterocycles. The van der Waals surface area contributed by atoms with Gasteiger partial charge < -0.3 is 10.6 Å². The third-order valence-corrected chi connectivity index (χ3v) is 4.30. The number of hydrazine groups is 1. The van der Waals surface area contributed by atoms with Gasteiger partial charge in [0.1, 0.15) is 0 Å². The van der Waals surface area contributed by atoms with Crippen molar-refractivity contribution < 1.29 is 14.4 Å². The van der Waals surface area contributed by atoms with Gasteiger partial charge in [-0.05, 0) is 47.0 Å². The quantitative estimate of drug-likeness (QED) is 0.330. The second kappa shape index (κ2) is 9.17. The Bertz CT molecular complexity index is 473. The van der Waals surface area contributed by atoms with E-state index in [0.29, 0.717) is 6.42 Å². The summed E-state index contributed by atoms with van der Waals surface area (Å²) in [5, 5.41) is 6.30. The second-order valence-corrected chi connectivity index (χ2v) is 8.28. The first-order chi connectivity index (χ1) is 11.5. The summed E-state index contributed by atoms with van der Waals surface area (Å²) in [6.07, 6.45) is 5.77. The van der Waals surface area contributed by atoms with Gasteiger partial charge in [0.25, 0.3) is 0 Å². The largest absolute Gasteiger partial charge is 0.345 e. The third-order valence-electron chi connectivity index (χ3n) is 4.30. The van der Waals surface area contributed by atoms with E-state index in [0.717, 1.165) is 38.5 Å². The van der Waals surface area contributed by atoms with E-state index in [1.54, 1.807) is 0 Å². The fraction of sp³-hybridized carbons (Fsp3) is 0.833. The van der Waals surface area contributed by atoms with Crippen LogP contribution in [0.5, 0.6) is 0 Å². The maximum absolute atomic E-state index is 12.1. The van der Waals surface area contributed by atoms with Crippen LogP contribution < -0.4 is 21.5 Å². The zero-order chi connectivity index (χ0) is 19.1. The Labute approximate surface area is 151 Å². The molecule has 1 aliphatic rings. The van der Waals surface area contributed by atoms with Crippen molar-refractivity contribution in [1.82, 2.24) is 21.5 Å². The molecule has 0 radical (unpaired) electrons. The first-order valence-corrected chi connectivity index (χ1v) is 9.24. The summed E-state index contributed by atoms with van der Waals surface area (Å²) in [6.45, 7) is 10.4. The average molecular weight is 354 g/mol. The topological polar surface area (TPSA) is 99.3 Å². The number of hydrogen-bond acceptors (Lipinski definition) is 4. The van der Waals surface area contributed by atoms with Crippen LogP contribution in [0.25, 0.3) is 0 Å². The van der Waals surface area contributed by atoms with Gasteiger partial charge in [0, 0.05) is 23.5 Å². The van der Waals surface area contributed by atoms with Crippen LogP contribution in [0.2, 0.25) is 0 Å². The first-order valence-electron chi connectivity index (χ1n) is 9.24. The normalized spacial score (nSPS) is 19.1. The maximum atomic E-state index is 12.1. The van der Waals surface area contributed by atoms with E-state index in [9.17, 15) is 14.4 Å². The molecule has 144 valence electrons. The Balaban J connectivity index is 2.36. The van der Waals surface area contributed by atoms with E-state index in [1.165, 1.54) is 0 Å². The molecule has 0 unspecified atom stereocenters. The van der Waals surface area contributed by atoms with Crippen molar-refractivity contribution in [2.24, 2.45) is 0 Å². The SMILES string of the molecule is CCCCCCC(=O)NNC(=O)C(=O)NC1CC(C)(C)NC(C)(C)C1. The summed E-state index contributed by atoms with van der Waals surface area (Å²) in [7, 11) is 0. The molecule has 1 heterocycles. The van der Waals surface area contributed by atoms with Gasteiger partial charge in [-0.2, -0.15) is 0 Å². The molecular formula is C18H34N4O3. The molecule has 3 amide bonds. The summed E-state index contributed by atoms with van der Waals surface area (Å²) >= 11 is 0. The van der Waals surface area contributed by atoms with Crippen molar-refractivity contribution in [2.75, 3.05) is 0 Å². The molecule has 0 aromatic heterocycles. The maximum Gasteiger partial charge on any atom is 0.327 e. The van der Waals surface area contributed by atoms with E-state index >= 15 is 0 Å². The lowest BCUT2D eigenvalue weighted by atomic mass is 9.79. The van der Waals surface area contributed by atoms with E-state index in [-0.39, 0.29) is 23.0 Å². The lowest BCUT2D eigenvalue weighted by Crippen LogP contribution is -2.63. The van der Waals surface area contributed by atoms with Gasteiger partial charge in [0.2, 0.25) is 5.91 Å². The Morgan fingerprint density at radius 2 is 1.52 bits per heavy atom. The van der Waals surface area contributed by atoms with Crippen molar-refractivity contribution in [2.45, 2.75) is 96.7 Å². The monoisotopic (exact) mass is 354 g/mol. The summed E-state index contributed by atoms with van der Waals surface area (Å²) < 4.78 is 0. The van der Waals surface area contributed by atoms with E-state index in [4.69, 9.17) is 0 Å². The van der Waals surface area contributed by atoms with Gasteiger partial charge in [-0.15, -0.1) is 0 Å². The highest BCUT2D eigenvalue weighted by atomic mass is 16.2. The predicted molar refractivity (Wildman–Crippen MR) is 97.5 cm³/mol. The summed E-state index contributed by atoms with van der Waals surface area (Å²) in [4.78, 5) is 35.5. The smallest absolute Gasteiger partial charge is 0.327 e. The number of carbonyl (C=O) groups is 3. The van der Waals surface area contributed by atoms with Crippen LogP contribution in [0.3, 0.4) is 0 Å². The first kappa shape index (κ1) is 21.4. The minimum atomic E-state index is -0.837. The number of amides is 3. The number of piperidine rings is 1. The highest BCUT2D eigenvalue weighted by Crippen LogP contribution is 2.28. The van der Waals surface area contributed by atoms with E-state index in [2.05, 4.69) is 56.1 Å². The number of nitrogens with one attached hydrogen (secondary N) is 4. The minimum Gasteiger partial charge on any atom is -0.345 e. The number of unbranched alkanes of at least 4 members (excludes halogenated alkanes) is 3. The van der Waals surface area contributed by atoms with Crippen molar-refractivity contribution in [3.8, 4) is 0 Å². The van der Waals surface area contributed by atoms with Crippen LogP contribution in [-0.4, -0.2) is 34.8 Å². The van der Waals surface area contributed by atoms with Gasteiger partial charge in [-0.1, -0.05) is 26.2 Å². The lowest BCUT2D eigenvalue weighted by molar-refractivity contribution is -0.141. The van der Waals surface area contributed by atoms with Crippen molar-refractivity contribution in [1.29, 1.82) is 0 Å². The summed E-state index contributed by atoms with van der Waals surface area (Å²) in [5.74, 6) is -1.83. The molecule has 1 saturated heterocycles. The fourth-order valence-electron chi connectivity index (χ4n) is 3.63. The van der Waals surface area contributed by atoms with Crippen LogP contribution in [-0.2, 0) is 14.4 Å². The van der Waals surface area contributed by atoms with Gasteiger partial charge in [0.05, 0.1) is 0 Å². The van der Waals surface area contributed by atoms with Crippen LogP contribution in [0.4, 0.5) is 0 Å². The molecule has 1 rings (SSSR count). The predicted octanol–water partition coefficient (Wildman–Crippen LogP) is 1.53. The Morgan fingerprint density at radius 1 is 0.920 bits per heavy atom. The Morgan fingerprint density at radius 3 is 2.08 bits per heavy atom. The molecule has 0 atom stereocenters.